The summed E-state index contributed by atoms with van der Waals surface area (Å²) in [7, 11) is 3.91. The molecule has 0 saturated carbocycles. The van der Waals surface area contributed by atoms with Gasteiger partial charge in [-0.15, -0.1) is 0 Å². The van der Waals surface area contributed by atoms with Crippen molar-refractivity contribution in [3.8, 4) is 5.75 Å². The Morgan fingerprint density at radius 1 is 1.09 bits per heavy atom. The third kappa shape index (κ3) is 8.10. The zero-order chi connectivity index (χ0) is 31.4. The van der Waals surface area contributed by atoms with Crippen molar-refractivity contribution in [3.63, 3.8) is 0 Å². The number of rotatable bonds is 9. The van der Waals surface area contributed by atoms with Gasteiger partial charge in [-0.2, -0.15) is 4.98 Å². The topological polar surface area (TPSA) is 122 Å². The van der Waals surface area contributed by atoms with Gasteiger partial charge in [0.15, 0.2) is 5.75 Å². The number of amides is 1. The molecule has 5 rings (SSSR count). The van der Waals surface area contributed by atoms with Gasteiger partial charge in [-0.25, -0.2) is 23.5 Å². The molecule has 4 heterocycles. The van der Waals surface area contributed by atoms with E-state index in [9.17, 15) is 13.6 Å². The number of hydrogen-bond donors (Lipinski definition) is 1. The van der Waals surface area contributed by atoms with E-state index in [1.165, 1.54) is 6.07 Å². The number of benzene rings is 1. The number of nitrogens with zero attached hydrogens (tertiary/aromatic N) is 7. The molecular formula is C30H40F2N8O4. The number of hydrogen-bond acceptors (Lipinski definition) is 11. The molecule has 2 atom stereocenters. The second-order valence-electron chi connectivity index (χ2n) is 12.6. The summed E-state index contributed by atoms with van der Waals surface area (Å²) in [5.41, 5.74) is -0.532. The fourth-order valence-electron chi connectivity index (χ4n) is 5.46. The van der Waals surface area contributed by atoms with E-state index in [0.29, 0.717) is 42.6 Å². The van der Waals surface area contributed by atoms with Gasteiger partial charge in [0, 0.05) is 32.1 Å². The van der Waals surface area contributed by atoms with Crippen LogP contribution in [0.4, 0.5) is 25.5 Å². The number of ether oxygens (including phenoxy) is 2. The zero-order valence-electron chi connectivity index (χ0n) is 25.8. The molecule has 3 aromatic rings. The molecule has 2 unspecified atom stereocenters. The molecule has 2 aliphatic heterocycles. The van der Waals surface area contributed by atoms with E-state index in [-0.39, 0.29) is 18.7 Å². The van der Waals surface area contributed by atoms with Crippen LogP contribution < -0.4 is 19.9 Å². The Bertz CT molecular complexity index is 1410. The maximum absolute atomic E-state index is 14.8. The summed E-state index contributed by atoms with van der Waals surface area (Å²) in [4.78, 5) is 32.0. The maximum atomic E-state index is 14.8. The Morgan fingerprint density at radius 3 is 2.50 bits per heavy atom. The molecule has 2 fully saturated rings. The lowest BCUT2D eigenvalue weighted by atomic mass is 9.94. The molecule has 2 aromatic heterocycles. The van der Waals surface area contributed by atoms with Crippen LogP contribution in [0.25, 0.3) is 0 Å². The van der Waals surface area contributed by atoms with Crippen molar-refractivity contribution in [2.24, 2.45) is 5.92 Å². The quantitative estimate of drug-likeness (QED) is 0.377. The molecule has 12 nitrogen and oxygen atoms in total. The van der Waals surface area contributed by atoms with Crippen molar-refractivity contribution < 1.29 is 27.6 Å². The first kappa shape index (κ1) is 31.4. The summed E-state index contributed by atoms with van der Waals surface area (Å²) in [6.07, 6.45) is 4.43. The summed E-state index contributed by atoms with van der Waals surface area (Å²) < 4.78 is 45.6. The summed E-state index contributed by atoms with van der Waals surface area (Å²) in [6.45, 7) is 8.59. The molecule has 44 heavy (non-hydrogen) atoms. The molecule has 1 aromatic carbocycles. The van der Waals surface area contributed by atoms with Crippen molar-refractivity contribution in [1.82, 2.24) is 30.3 Å². The van der Waals surface area contributed by atoms with E-state index in [4.69, 9.17) is 14.0 Å². The van der Waals surface area contributed by atoms with Crippen LogP contribution >= 0.6 is 0 Å². The molecular weight excluding hydrogens is 574 g/mol. The first-order valence-electron chi connectivity index (χ1n) is 14.8. The lowest BCUT2D eigenvalue weighted by molar-refractivity contribution is 0.0504. The molecule has 2 saturated heterocycles. The van der Waals surface area contributed by atoms with E-state index < -0.39 is 35.3 Å². The van der Waals surface area contributed by atoms with Crippen molar-refractivity contribution in [2.75, 3.05) is 56.7 Å². The Hall–Kier alpha value is -4.07. The highest BCUT2D eigenvalue weighted by Gasteiger charge is 2.38. The molecule has 1 amide bonds. The van der Waals surface area contributed by atoms with E-state index in [1.807, 2.05) is 23.9 Å². The van der Waals surface area contributed by atoms with E-state index in [1.54, 1.807) is 33.2 Å². The van der Waals surface area contributed by atoms with Crippen LogP contribution in [0.3, 0.4) is 0 Å². The SMILES string of the molecule is CN(C)Cc1nc(N2CCC(COc3cnc(N4CC(NC(=O)OC(C)(C)C)C(c5cc(F)ccc5F)C4)nc3)CC2)no1. The summed E-state index contributed by atoms with van der Waals surface area (Å²) >= 11 is 0. The largest absolute Gasteiger partial charge is 0.490 e. The highest BCUT2D eigenvalue weighted by atomic mass is 19.1. The number of anilines is 2. The number of piperidine rings is 1. The van der Waals surface area contributed by atoms with Crippen LogP contribution in [0.15, 0.2) is 35.1 Å². The van der Waals surface area contributed by atoms with Gasteiger partial charge < -0.3 is 34.0 Å². The molecule has 0 aliphatic carbocycles. The van der Waals surface area contributed by atoms with Crippen molar-refractivity contribution >= 4 is 18.0 Å². The van der Waals surface area contributed by atoms with Gasteiger partial charge >= 0.3 is 6.09 Å². The number of carbonyl (C=O) groups excluding carboxylic acids is 1. The van der Waals surface area contributed by atoms with Gasteiger partial charge in [0.2, 0.25) is 11.8 Å². The smallest absolute Gasteiger partial charge is 0.407 e. The van der Waals surface area contributed by atoms with Crippen LogP contribution in [0.2, 0.25) is 0 Å². The number of halogens is 2. The maximum Gasteiger partial charge on any atom is 0.407 e. The van der Waals surface area contributed by atoms with E-state index in [2.05, 4.69) is 30.3 Å². The fraction of sp³-hybridized carbons (Fsp3) is 0.567. The Morgan fingerprint density at radius 2 is 1.82 bits per heavy atom. The molecule has 0 radical (unpaired) electrons. The zero-order valence-corrected chi connectivity index (χ0v) is 25.8. The van der Waals surface area contributed by atoms with Crippen LogP contribution in [-0.4, -0.2) is 89.6 Å². The van der Waals surface area contributed by atoms with Crippen molar-refractivity contribution in [3.05, 3.63) is 53.7 Å². The average Bonchev–Trinajstić information content (AvgIpc) is 3.60. The lowest BCUT2D eigenvalue weighted by Crippen LogP contribution is -2.43. The van der Waals surface area contributed by atoms with Crippen LogP contribution in [0.5, 0.6) is 5.75 Å². The third-order valence-electron chi connectivity index (χ3n) is 7.57. The van der Waals surface area contributed by atoms with E-state index in [0.717, 1.165) is 38.1 Å². The van der Waals surface area contributed by atoms with Crippen molar-refractivity contribution in [2.45, 2.75) is 57.7 Å². The molecule has 0 bridgehead atoms. The minimum Gasteiger partial charge on any atom is -0.490 e. The average molecular weight is 615 g/mol. The van der Waals surface area contributed by atoms with Gasteiger partial charge in [0.1, 0.15) is 17.2 Å². The molecule has 0 spiro atoms. The highest BCUT2D eigenvalue weighted by molar-refractivity contribution is 5.68. The number of alkyl carbamates (subject to hydrolysis) is 1. The normalized spacial score (nSPS) is 19.5. The van der Waals surface area contributed by atoms with Gasteiger partial charge in [-0.05, 0) is 82.5 Å². The number of aromatic nitrogens is 4. The summed E-state index contributed by atoms with van der Waals surface area (Å²) in [5, 5.41) is 6.94. The van der Waals surface area contributed by atoms with Crippen LogP contribution in [0.1, 0.15) is 51.0 Å². The molecule has 238 valence electrons. The molecule has 1 N–H and O–H groups in total. The summed E-state index contributed by atoms with van der Waals surface area (Å²) in [5.74, 6) is 0.874. The van der Waals surface area contributed by atoms with Gasteiger partial charge in [-0.1, -0.05) is 0 Å². The third-order valence-corrected chi connectivity index (χ3v) is 7.57. The predicted molar refractivity (Wildman–Crippen MR) is 159 cm³/mol. The van der Waals surface area contributed by atoms with Gasteiger partial charge in [-0.3, -0.25) is 0 Å². The second kappa shape index (κ2) is 13.3. The monoisotopic (exact) mass is 614 g/mol. The summed E-state index contributed by atoms with van der Waals surface area (Å²) in [6, 6.07) is 2.78. The highest BCUT2D eigenvalue weighted by Crippen LogP contribution is 2.32. The molecule has 14 heteroatoms. The van der Waals surface area contributed by atoms with E-state index >= 15 is 0 Å². The number of nitrogens with one attached hydrogen (secondary N) is 1. The minimum atomic E-state index is -0.706. The Balaban J connectivity index is 1.16. The fourth-order valence-corrected chi connectivity index (χ4v) is 5.46. The first-order chi connectivity index (χ1) is 20.9. The van der Waals surface area contributed by atoms with Gasteiger partial charge in [0.25, 0.3) is 5.95 Å². The van der Waals surface area contributed by atoms with Crippen molar-refractivity contribution in [1.29, 1.82) is 0 Å². The standard InChI is InChI=1S/C30H40F2N8O4/c1-30(2,3)43-29(41)35-25-16-40(15-23(25)22-12-20(31)6-7-24(22)32)27-33-13-21(14-34-27)42-18-19-8-10-39(11-9-19)28-36-26(44-37-28)17-38(4)5/h6-7,12-14,19,23,25H,8-11,15-18H2,1-5H3,(H,35,41). The van der Waals surface area contributed by atoms with Gasteiger partial charge in [0.05, 0.1) is 31.6 Å². The lowest BCUT2D eigenvalue weighted by Gasteiger charge is -2.30. The Kier molecular flexibility index (Phi) is 9.47. The first-order valence-corrected chi connectivity index (χ1v) is 14.8. The Labute approximate surface area is 255 Å². The minimum absolute atomic E-state index is 0.174. The number of carbonyl (C=O) groups is 1. The van der Waals surface area contributed by atoms with Crippen LogP contribution in [0, 0.1) is 17.6 Å². The molecule has 2 aliphatic rings. The predicted octanol–water partition coefficient (Wildman–Crippen LogP) is 3.99. The van der Waals surface area contributed by atoms with Crippen LogP contribution in [-0.2, 0) is 11.3 Å². The second-order valence-corrected chi connectivity index (χ2v) is 12.6.